The SMILES string of the molecule is CCSc1nsc(NC(=O)/C(C#N)=C\c2cc(Br)c(OC(=O)c3ccco3)c(OC)c2)n1. The number of halogens is 1. The molecule has 0 aliphatic carbocycles. The summed E-state index contributed by atoms with van der Waals surface area (Å²) in [5.74, 6) is -0.148. The van der Waals surface area contributed by atoms with E-state index in [4.69, 9.17) is 13.9 Å². The third kappa shape index (κ3) is 5.76. The molecule has 3 aromatic rings. The standard InChI is InChI=1S/C20H15BrN4O5S2/c1-3-31-20-24-19(32-25-20)23-17(26)12(10-22)7-11-8-13(21)16(15(9-11)28-2)30-18(27)14-5-4-6-29-14/h4-9H,3H2,1-2H3,(H,23,24,25,26)/b12-7-. The van der Waals surface area contributed by atoms with E-state index in [0.717, 1.165) is 17.3 Å². The minimum absolute atomic E-state index is 0.0310. The molecule has 2 heterocycles. The lowest BCUT2D eigenvalue weighted by Gasteiger charge is -2.11. The van der Waals surface area contributed by atoms with Crippen LogP contribution in [0.3, 0.4) is 0 Å². The van der Waals surface area contributed by atoms with Gasteiger partial charge in [-0.25, -0.2) is 4.79 Å². The molecule has 32 heavy (non-hydrogen) atoms. The predicted molar refractivity (Wildman–Crippen MR) is 123 cm³/mol. The van der Waals surface area contributed by atoms with Crippen LogP contribution in [0.25, 0.3) is 6.08 Å². The lowest BCUT2D eigenvalue weighted by molar-refractivity contribution is -0.112. The fourth-order valence-electron chi connectivity index (χ4n) is 2.39. The van der Waals surface area contributed by atoms with E-state index in [0.29, 0.717) is 20.3 Å². The number of anilines is 1. The molecule has 1 amide bonds. The second-order valence-electron chi connectivity index (χ2n) is 5.84. The molecule has 0 saturated carbocycles. The molecule has 1 aromatic carbocycles. The first kappa shape index (κ1) is 23.5. The smallest absolute Gasteiger partial charge is 0.379 e. The first-order chi connectivity index (χ1) is 15.4. The van der Waals surface area contributed by atoms with Gasteiger partial charge in [-0.3, -0.25) is 10.1 Å². The van der Waals surface area contributed by atoms with Crippen molar-refractivity contribution >= 4 is 62.3 Å². The van der Waals surface area contributed by atoms with E-state index >= 15 is 0 Å². The fourth-order valence-corrected chi connectivity index (χ4v) is 4.19. The van der Waals surface area contributed by atoms with Gasteiger partial charge in [-0.05, 0) is 57.6 Å². The molecule has 2 aromatic heterocycles. The maximum absolute atomic E-state index is 12.5. The van der Waals surface area contributed by atoms with Crippen molar-refractivity contribution in [1.29, 1.82) is 5.26 Å². The van der Waals surface area contributed by atoms with E-state index in [9.17, 15) is 14.9 Å². The average Bonchev–Trinajstić information content (AvgIpc) is 3.46. The molecule has 0 fully saturated rings. The van der Waals surface area contributed by atoms with Gasteiger partial charge in [-0.15, -0.1) is 0 Å². The Hall–Kier alpha value is -3.14. The molecular formula is C20H15BrN4O5S2. The summed E-state index contributed by atoms with van der Waals surface area (Å²) in [5.41, 5.74) is 0.317. The third-order valence-electron chi connectivity index (χ3n) is 3.75. The Morgan fingerprint density at radius 3 is 2.91 bits per heavy atom. The van der Waals surface area contributed by atoms with Gasteiger partial charge in [0.2, 0.25) is 16.0 Å². The number of methoxy groups -OCH3 is 1. The molecule has 3 rings (SSSR count). The third-order valence-corrected chi connectivity index (χ3v) is 5.81. The number of hydrogen-bond acceptors (Lipinski definition) is 10. The number of benzene rings is 1. The maximum Gasteiger partial charge on any atom is 0.379 e. The van der Waals surface area contributed by atoms with Gasteiger partial charge in [0.25, 0.3) is 5.91 Å². The Kier molecular flexibility index (Phi) is 8.04. The number of thioether (sulfide) groups is 1. The molecular weight excluding hydrogens is 520 g/mol. The van der Waals surface area contributed by atoms with E-state index in [1.165, 1.54) is 43.3 Å². The Balaban J connectivity index is 1.82. The normalized spacial score (nSPS) is 11.0. The summed E-state index contributed by atoms with van der Waals surface area (Å²) >= 11 is 5.81. The molecule has 0 spiro atoms. The van der Waals surface area contributed by atoms with Gasteiger partial charge in [-0.2, -0.15) is 14.6 Å². The van der Waals surface area contributed by atoms with E-state index in [1.54, 1.807) is 12.1 Å². The van der Waals surface area contributed by atoms with Crippen LogP contribution >= 0.6 is 39.2 Å². The number of hydrogen-bond donors (Lipinski definition) is 1. The van der Waals surface area contributed by atoms with Crippen LogP contribution in [0, 0.1) is 11.3 Å². The van der Waals surface area contributed by atoms with Crippen LogP contribution in [0.2, 0.25) is 0 Å². The zero-order chi connectivity index (χ0) is 23.1. The monoisotopic (exact) mass is 534 g/mol. The van der Waals surface area contributed by atoms with Gasteiger partial charge in [0, 0.05) is 11.5 Å². The first-order valence-corrected chi connectivity index (χ1v) is 11.5. The van der Waals surface area contributed by atoms with Crippen LogP contribution in [0.15, 0.2) is 50.1 Å². The zero-order valence-corrected chi connectivity index (χ0v) is 20.0. The summed E-state index contributed by atoms with van der Waals surface area (Å²) in [7, 11) is 1.40. The number of ether oxygens (including phenoxy) is 2. The molecule has 0 bridgehead atoms. The molecule has 0 aliphatic rings. The number of amides is 1. The van der Waals surface area contributed by atoms with Crippen LogP contribution in [-0.2, 0) is 4.79 Å². The quantitative estimate of drug-likeness (QED) is 0.143. The summed E-state index contributed by atoms with van der Waals surface area (Å²) in [6.07, 6.45) is 2.74. The Bertz CT molecular complexity index is 1200. The van der Waals surface area contributed by atoms with Gasteiger partial charge >= 0.3 is 5.97 Å². The van der Waals surface area contributed by atoms with Crippen molar-refractivity contribution in [1.82, 2.24) is 9.36 Å². The number of esters is 1. The van der Waals surface area contributed by atoms with Crippen LogP contribution in [0.1, 0.15) is 23.0 Å². The molecule has 0 aliphatic heterocycles. The van der Waals surface area contributed by atoms with Gasteiger partial charge in [0.15, 0.2) is 11.5 Å². The number of nitriles is 1. The number of carbonyl (C=O) groups excluding carboxylic acids is 2. The topological polar surface area (TPSA) is 127 Å². The fraction of sp³-hybridized carbons (Fsp3) is 0.150. The van der Waals surface area contributed by atoms with Crippen molar-refractivity contribution in [2.24, 2.45) is 0 Å². The summed E-state index contributed by atoms with van der Waals surface area (Å²) in [6.45, 7) is 1.97. The van der Waals surface area contributed by atoms with Gasteiger partial charge in [0.05, 0.1) is 17.8 Å². The van der Waals surface area contributed by atoms with Crippen molar-refractivity contribution in [3.05, 3.63) is 51.9 Å². The lowest BCUT2D eigenvalue weighted by atomic mass is 10.1. The highest BCUT2D eigenvalue weighted by molar-refractivity contribution is 9.10. The van der Waals surface area contributed by atoms with E-state index in [2.05, 4.69) is 30.6 Å². The van der Waals surface area contributed by atoms with Crippen molar-refractivity contribution in [2.75, 3.05) is 18.2 Å². The summed E-state index contributed by atoms with van der Waals surface area (Å²) < 4.78 is 20.2. The number of nitrogens with zero attached hydrogens (tertiary/aromatic N) is 3. The van der Waals surface area contributed by atoms with Crippen LogP contribution in [0.4, 0.5) is 5.13 Å². The molecule has 9 nitrogen and oxygen atoms in total. The van der Waals surface area contributed by atoms with Crippen LogP contribution in [-0.4, -0.2) is 34.1 Å². The second kappa shape index (κ2) is 10.9. The van der Waals surface area contributed by atoms with E-state index < -0.39 is 11.9 Å². The van der Waals surface area contributed by atoms with Crippen LogP contribution < -0.4 is 14.8 Å². The highest BCUT2D eigenvalue weighted by Crippen LogP contribution is 2.38. The first-order valence-electron chi connectivity index (χ1n) is 8.98. The van der Waals surface area contributed by atoms with Gasteiger partial charge in [-0.1, -0.05) is 18.7 Å². The minimum atomic E-state index is -0.702. The average molecular weight is 535 g/mol. The molecule has 1 N–H and O–H groups in total. The highest BCUT2D eigenvalue weighted by Gasteiger charge is 2.19. The number of carbonyl (C=O) groups is 2. The number of aromatic nitrogens is 2. The second-order valence-corrected chi connectivity index (χ2v) is 8.68. The number of rotatable bonds is 8. The molecule has 0 atom stereocenters. The number of furan rings is 1. The summed E-state index contributed by atoms with van der Waals surface area (Å²) in [5, 5.41) is 12.9. The minimum Gasteiger partial charge on any atom is -0.493 e. The van der Waals surface area contributed by atoms with Crippen molar-refractivity contribution in [3.8, 4) is 17.6 Å². The predicted octanol–water partition coefficient (Wildman–Crippen LogP) is 4.78. The Morgan fingerprint density at radius 1 is 1.44 bits per heavy atom. The molecule has 0 saturated heterocycles. The van der Waals surface area contributed by atoms with Gasteiger partial charge in [0.1, 0.15) is 11.6 Å². The number of nitrogens with one attached hydrogen (secondary N) is 1. The van der Waals surface area contributed by atoms with Gasteiger partial charge < -0.3 is 13.9 Å². The molecule has 0 radical (unpaired) electrons. The Labute approximate surface area is 199 Å². The largest absolute Gasteiger partial charge is 0.493 e. The summed E-state index contributed by atoms with van der Waals surface area (Å²) in [4.78, 5) is 28.9. The van der Waals surface area contributed by atoms with Crippen molar-refractivity contribution in [3.63, 3.8) is 0 Å². The van der Waals surface area contributed by atoms with E-state index in [1.807, 2.05) is 13.0 Å². The van der Waals surface area contributed by atoms with Crippen molar-refractivity contribution < 1.29 is 23.5 Å². The van der Waals surface area contributed by atoms with Crippen LogP contribution in [0.5, 0.6) is 11.5 Å². The molecule has 12 heteroatoms. The maximum atomic E-state index is 12.5. The van der Waals surface area contributed by atoms with Crippen molar-refractivity contribution in [2.45, 2.75) is 12.1 Å². The Morgan fingerprint density at radius 2 is 2.25 bits per heavy atom. The molecule has 164 valence electrons. The lowest BCUT2D eigenvalue weighted by Crippen LogP contribution is -2.13. The molecule has 0 unspecified atom stereocenters. The van der Waals surface area contributed by atoms with E-state index in [-0.39, 0.29) is 22.8 Å². The summed E-state index contributed by atoms with van der Waals surface area (Å²) in [6, 6.07) is 8.02. The highest BCUT2D eigenvalue weighted by atomic mass is 79.9. The zero-order valence-electron chi connectivity index (χ0n) is 16.7.